The number of fused-ring (bicyclic) bond motifs is 1. The number of benzene rings is 2. The molecule has 0 aliphatic heterocycles. The van der Waals surface area contributed by atoms with Crippen molar-refractivity contribution in [2.45, 2.75) is 6.04 Å². The maximum Gasteiger partial charge on any atom is 0.330 e. The van der Waals surface area contributed by atoms with Gasteiger partial charge in [-0.25, -0.2) is 4.79 Å². The Morgan fingerprint density at radius 1 is 1.24 bits per heavy atom. The van der Waals surface area contributed by atoms with Crippen LogP contribution in [0.4, 0.5) is 5.69 Å². The van der Waals surface area contributed by atoms with E-state index in [2.05, 4.69) is 10.1 Å². The van der Waals surface area contributed by atoms with Crippen molar-refractivity contribution in [3.63, 3.8) is 0 Å². The predicted octanol–water partition coefficient (Wildman–Crippen LogP) is 0.686. The first-order valence-corrected chi connectivity index (χ1v) is 6.35. The van der Waals surface area contributed by atoms with Gasteiger partial charge in [0.05, 0.1) is 13.7 Å². The van der Waals surface area contributed by atoms with E-state index in [0.717, 1.165) is 5.39 Å². The third kappa shape index (κ3) is 2.95. The van der Waals surface area contributed by atoms with Crippen molar-refractivity contribution in [3.05, 3.63) is 42.0 Å². The first-order valence-electron chi connectivity index (χ1n) is 6.35. The van der Waals surface area contributed by atoms with Gasteiger partial charge in [0, 0.05) is 16.6 Å². The molecule has 0 aliphatic carbocycles. The van der Waals surface area contributed by atoms with Gasteiger partial charge in [-0.3, -0.25) is 4.79 Å². The Balaban J connectivity index is 2.36. The second kappa shape index (κ2) is 6.23. The number of nitrogens with two attached hydrogens (primary N) is 1. The molecule has 2 aromatic rings. The fraction of sp³-hybridized carbons (Fsp3) is 0.200. The number of anilines is 1. The van der Waals surface area contributed by atoms with Crippen LogP contribution in [0.3, 0.4) is 0 Å². The summed E-state index contributed by atoms with van der Waals surface area (Å²) in [5.41, 5.74) is 6.82. The highest BCUT2D eigenvalue weighted by Crippen LogP contribution is 2.24. The van der Waals surface area contributed by atoms with E-state index in [1.807, 2.05) is 12.1 Å². The van der Waals surface area contributed by atoms with Crippen LogP contribution in [0.5, 0.6) is 0 Å². The minimum absolute atomic E-state index is 0.377. The van der Waals surface area contributed by atoms with Crippen molar-refractivity contribution in [1.82, 2.24) is 5.32 Å². The predicted molar refractivity (Wildman–Crippen MR) is 78.7 cm³/mol. The summed E-state index contributed by atoms with van der Waals surface area (Å²) in [6.07, 6.45) is 0. The summed E-state index contributed by atoms with van der Waals surface area (Å²) >= 11 is 0. The average molecular weight is 288 g/mol. The lowest BCUT2D eigenvalue weighted by molar-refractivity contribution is -0.143. The molecule has 6 heteroatoms. The molecule has 0 radical (unpaired) electrons. The lowest BCUT2D eigenvalue weighted by atomic mass is 10.0. The smallest absolute Gasteiger partial charge is 0.330 e. The molecular formula is C15H16N2O4. The number of carbonyl (C=O) groups excluding carboxylic acids is 2. The summed E-state index contributed by atoms with van der Waals surface area (Å²) in [4.78, 5) is 23.7. The highest BCUT2D eigenvalue weighted by molar-refractivity contribution is 6.10. The molecule has 0 aromatic heterocycles. The third-order valence-electron chi connectivity index (χ3n) is 3.18. The monoisotopic (exact) mass is 288 g/mol. The quantitative estimate of drug-likeness (QED) is 0.567. The van der Waals surface area contributed by atoms with Gasteiger partial charge >= 0.3 is 5.97 Å². The van der Waals surface area contributed by atoms with Crippen LogP contribution in [0.1, 0.15) is 10.4 Å². The van der Waals surface area contributed by atoms with Gasteiger partial charge in [-0.15, -0.1) is 0 Å². The van der Waals surface area contributed by atoms with E-state index in [4.69, 9.17) is 10.8 Å². The maximum atomic E-state index is 12.3. The van der Waals surface area contributed by atoms with Crippen molar-refractivity contribution in [2.75, 3.05) is 19.5 Å². The molecular weight excluding hydrogens is 272 g/mol. The number of hydrogen-bond acceptors (Lipinski definition) is 5. The topological polar surface area (TPSA) is 102 Å². The van der Waals surface area contributed by atoms with E-state index in [1.165, 1.54) is 7.11 Å². The number of aliphatic hydroxyl groups excluding tert-OH is 1. The molecule has 2 rings (SSSR count). The number of methoxy groups -OCH3 is 1. The molecule has 0 unspecified atom stereocenters. The molecule has 21 heavy (non-hydrogen) atoms. The number of nitrogens with one attached hydrogen (secondary N) is 1. The number of carbonyl (C=O) groups is 2. The van der Waals surface area contributed by atoms with E-state index < -0.39 is 24.5 Å². The number of aliphatic hydroxyl groups is 1. The molecule has 0 bridgehead atoms. The van der Waals surface area contributed by atoms with Crippen LogP contribution in [0, 0.1) is 0 Å². The molecule has 1 amide bonds. The second-order valence-corrected chi connectivity index (χ2v) is 4.48. The van der Waals surface area contributed by atoms with Crippen LogP contribution < -0.4 is 11.1 Å². The standard InChI is InChI=1S/C15H16N2O4/c1-21-15(20)13(8-18)17-14(19)11-6-7-12(16)10-5-3-2-4-9(10)11/h2-7,13,18H,8,16H2,1H3,(H,17,19)/t13-/m0/s1. The van der Waals surface area contributed by atoms with Gasteiger partial charge in [0.1, 0.15) is 0 Å². The molecule has 0 saturated carbocycles. The average Bonchev–Trinajstić information content (AvgIpc) is 2.52. The molecule has 0 saturated heterocycles. The van der Waals surface area contributed by atoms with Crippen LogP contribution in [-0.4, -0.2) is 36.7 Å². The molecule has 1 atom stereocenters. The number of rotatable bonds is 4. The molecule has 110 valence electrons. The molecule has 2 aromatic carbocycles. The maximum absolute atomic E-state index is 12.3. The minimum Gasteiger partial charge on any atom is -0.467 e. The van der Waals surface area contributed by atoms with E-state index >= 15 is 0 Å². The number of ether oxygens (including phenoxy) is 1. The fourth-order valence-corrected chi connectivity index (χ4v) is 2.08. The molecule has 0 heterocycles. The summed E-state index contributed by atoms with van der Waals surface area (Å²) in [5, 5.41) is 13.0. The number of nitrogen functional groups attached to an aromatic ring is 1. The van der Waals surface area contributed by atoms with Gasteiger partial charge in [-0.05, 0) is 17.5 Å². The third-order valence-corrected chi connectivity index (χ3v) is 3.18. The van der Waals surface area contributed by atoms with Crippen molar-refractivity contribution >= 4 is 28.3 Å². The fourth-order valence-electron chi connectivity index (χ4n) is 2.08. The Kier molecular flexibility index (Phi) is 4.39. The normalized spacial score (nSPS) is 11.9. The summed E-state index contributed by atoms with van der Waals surface area (Å²) in [6.45, 7) is -0.536. The summed E-state index contributed by atoms with van der Waals surface area (Å²) in [7, 11) is 1.19. The van der Waals surface area contributed by atoms with Crippen molar-refractivity contribution in [2.24, 2.45) is 0 Å². The lowest BCUT2D eigenvalue weighted by Gasteiger charge is -2.15. The Morgan fingerprint density at radius 2 is 1.90 bits per heavy atom. The van der Waals surface area contributed by atoms with Crippen LogP contribution in [0.2, 0.25) is 0 Å². The zero-order valence-corrected chi connectivity index (χ0v) is 11.5. The van der Waals surface area contributed by atoms with E-state index in [-0.39, 0.29) is 0 Å². The SMILES string of the molecule is COC(=O)[C@H](CO)NC(=O)c1ccc(N)c2ccccc12. The van der Waals surface area contributed by atoms with Gasteiger partial charge < -0.3 is 20.9 Å². The summed E-state index contributed by atoms with van der Waals surface area (Å²) < 4.78 is 4.51. The number of hydrogen-bond donors (Lipinski definition) is 3. The van der Waals surface area contributed by atoms with E-state index in [9.17, 15) is 9.59 Å². The second-order valence-electron chi connectivity index (χ2n) is 4.48. The van der Waals surface area contributed by atoms with Gasteiger partial charge in [0.15, 0.2) is 6.04 Å². The zero-order chi connectivity index (χ0) is 15.4. The van der Waals surface area contributed by atoms with Crippen LogP contribution >= 0.6 is 0 Å². The molecule has 0 spiro atoms. The largest absolute Gasteiger partial charge is 0.467 e. The van der Waals surface area contributed by atoms with Crippen molar-refractivity contribution in [1.29, 1.82) is 0 Å². The van der Waals surface area contributed by atoms with E-state index in [1.54, 1.807) is 24.3 Å². The van der Waals surface area contributed by atoms with Crippen LogP contribution in [-0.2, 0) is 9.53 Å². The summed E-state index contributed by atoms with van der Waals surface area (Å²) in [6, 6.07) is 9.31. The number of esters is 1. The molecule has 6 nitrogen and oxygen atoms in total. The Bertz CT molecular complexity index is 684. The van der Waals surface area contributed by atoms with Crippen molar-refractivity contribution in [3.8, 4) is 0 Å². The van der Waals surface area contributed by atoms with Gasteiger partial charge in [0.25, 0.3) is 5.91 Å². The lowest BCUT2D eigenvalue weighted by Crippen LogP contribution is -2.44. The number of amides is 1. The zero-order valence-electron chi connectivity index (χ0n) is 11.5. The highest BCUT2D eigenvalue weighted by Gasteiger charge is 2.22. The van der Waals surface area contributed by atoms with Gasteiger partial charge in [-0.2, -0.15) is 0 Å². The molecule has 0 fully saturated rings. The van der Waals surface area contributed by atoms with Crippen LogP contribution in [0.25, 0.3) is 10.8 Å². The first-order chi connectivity index (χ1) is 10.1. The Morgan fingerprint density at radius 3 is 2.52 bits per heavy atom. The van der Waals surface area contributed by atoms with Crippen LogP contribution in [0.15, 0.2) is 36.4 Å². The molecule has 0 aliphatic rings. The Labute approximate surface area is 121 Å². The summed E-state index contributed by atoms with van der Waals surface area (Å²) in [5.74, 6) is -1.18. The van der Waals surface area contributed by atoms with Crippen molar-refractivity contribution < 1.29 is 19.4 Å². The first kappa shape index (κ1) is 14.8. The molecule has 4 N–H and O–H groups in total. The minimum atomic E-state index is -1.10. The van der Waals surface area contributed by atoms with E-state index in [0.29, 0.717) is 16.6 Å². The highest BCUT2D eigenvalue weighted by atomic mass is 16.5. The van der Waals surface area contributed by atoms with Gasteiger partial charge in [0.2, 0.25) is 0 Å². The Hall–Kier alpha value is -2.60. The van der Waals surface area contributed by atoms with Gasteiger partial charge in [-0.1, -0.05) is 24.3 Å².